The molecule has 0 aliphatic heterocycles. The van der Waals surface area contributed by atoms with Crippen molar-refractivity contribution in [3.05, 3.63) is 65.2 Å². The van der Waals surface area contributed by atoms with Crippen LogP contribution in [0.5, 0.6) is 0 Å². The highest BCUT2D eigenvalue weighted by molar-refractivity contribution is 5.99. The van der Waals surface area contributed by atoms with E-state index in [2.05, 4.69) is 10.5 Å². The second-order valence-electron chi connectivity index (χ2n) is 4.27. The third-order valence-electron chi connectivity index (χ3n) is 2.78. The number of aromatic carboxylic acids is 1. The predicted octanol–water partition coefficient (Wildman–Crippen LogP) is 2.16. The van der Waals surface area contributed by atoms with Crippen LogP contribution in [0.1, 0.15) is 22.8 Å². The van der Waals surface area contributed by atoms with Crippen molar-refractivity contribution in [1.82, 2.24) is 0 Å². The largest absolute Gasteiger partial charge is 0.545 e. The standard InChI is InChI=1S/C15H12F2N2O2/c1-9(14-12(16)6-3-7-13(14)17)18-19-11-5-2-4-10(8-11)15(20)21/h2-8,19H,1H3,(H,20,21)/p-1/b18-9-. The van der Waals surface area contributed by atoms with E-state index in [9.17, 15) is 18.7 Å². The molecule has 21 heavy (non-hydrogen) atoms. The minimum Gasteiger partial charge on any atom is -0.545 e. The molecule has 0 heterocycles. The summed E-state index contributed by atoms with van der Waals surface area (Å²) in [5, 5.41) is 14.6. The molecule has 4 nitrogen and oxygen atoms in total. The van der Waals surface area contributed by atoms with Crippen molar-refractivity contribution in [3.63, 3.8) is 0 Å². The Morgan fingerprint density at radius 1 is 1.14 bits per heavy atom. The van der Waals surface area contributed by atoms with Crippen LogP contribution in [0.3, 0.4) is 0 Å². The van der Waals surface area contributed by atoms with Crippen molar-refractivity contribution in [2.45, 2.75) is 6.92 Å². The molecule has 0 aromatic heterocycles. The number of carbonyl (C=O) groups excluding carboxylic acids is 1. The zero-order valence-corrected chi connectivity index (χ0v) is 11.1. The Kier molecular flexibility index (Phi) is 4.27. The van der Waals surface area contributed by atoms with Crippen LogP contribution in [0.15, 0.2) is 47.6 Å². The Balaban J connectivity index is 2.25. The lowest BCUT2D eigenvalue weighted by molar-refractivity contribution is -0.255. The highest BCUT2D eigenvalue weighted by atomic mass is 19.1. The van der Waals surface area contributed by atoms with E-state index in [0.717, 1.165) is 12.1 Å². The number of nitrogens with zero attached hydrogens (tertiary/aromatic N) is 1. The molecule has 2 aromatic rings. The van der Waals surface area contributed by atoms with E-state index in [1.54, 1.807) is 6.07 Å². The van der Waals surface area contributed by atoms with Crippen LogP contribution in [0.2, 0.25) is 0 Å². The maximum atomic E-state index is 13.6. The molecule has 0 amide bonds. The number of carboxylic acid groups (broad SMARTS) is 1. The molecule has 0 saturated carbocycles. The summed E-state index contributed by atoms with van der Waals surface area (Å²) in [5.41, 5.74) is 2.77. The van der Waals surface area contributed by atoms with Crippen LogP contribution in [0.25, 0.3) is 0 Å². The lowest BCUT2D eigenvalue weighted by atomic mass is 10.1. The summed E-state index contributed by atoms with van der Waals surface area (Å²) in [4.78, 5) is 10.7. The summed E-state index contributed by atoms with van der Waals surface area (Å²) in [6.45, 7) is 1.44. The number of hydrazone groups is 1. The topological polar surface area (TPSA) is 64.5 Å². The van der Waals surface area contributed by atoms with Gasteiger partial charge in [-0.2, -0.15) is 5.10 Å². The first-order chi connectivity index (χ1) is 9.99. The van der Waals surface area contributed by atoms with Crippen molar-refractivity contribution in [2.75, 3.05) is 5.43 Å². The van der Waals surface area contributed by atoms with Gasteiger partial charge in [0.2, 0.25) is 0 Å². The van der Waals surface area contributed by atoms with Crippen LogP contribution in [0.4, 0.5) is 14.5 Å². The smallest absolute Gasteiger partial charge is 0.135 e. The maximum absolute atomic E-state index is 13.6. The summed E-state index contributed by atoms with van der Waals surface area (Å²) in [7, 11) is 0. The Morgan fingerprint density at radius 2 is 1.76 bits per heavy atom. The van der Waals surface area contributed by atoms with Gasteiger partial charge in [-0.1, -0.05) is 18.2 Å². The first kappa shape index (κ1) is 14.6. The third kappa shape index (κ3) is 3.42. The molecule has 0 saturated heterocycles. The van der Waals surface area contributed by atoms with Gasteiger partial charge < -0.3 is 9.90 Å². The first-order valence-corrected chi connectivity index (χ1v) is 6.05. The van der Waals surface area contributed by atoms with Gasteiger partial charge in [0, 0.05) is 0 Å². The van der Waals surface area contributed by atoms with Gasteiger partial charge in [0.1, 0.15) is 11.6 Å². The predicted molar refractivity (Wildman–Crippen MR) is 73.0 cm³/mol. The van der Waals surface area contributed by atoms with Gasteiger partial charge >= 0.3 is 0 Å². The van der Waals surface area contributed by atoms with Gasteiger partial charge in [0.15, 0.2) is 0 Å². The summed E-state index contributed by atoms with van der Waals surface area (Å²) < 4.78 is 27.1. The van der Waals surface area contributed by atoms with Crippen LogP contribution in [0, 0.1) is 11.6 Å². The molecule has 0 aliphatic rings. The molecule has 0 unspecified atom stereocenters. The molecule has 0 fully saturated rings. The molecule has 6 heteroatoms. The van der Waals surface area contributed by atoms with E-state index in [1.807, 2.05) is 0 Å². The first-order valence-electron chi connectivity index (χ1n) is 6.05. The molecule has 0 spiro atoms. The molecule has 0 bridgehead atoms. The number of rotatable bonds is 4. The van der Waals surface area contributed by atoms with Crippen LogP contribution in [-0.2, 0) is 0 Å². The third-order valence-corrected chi connectivity index (χ3v) is 2.78. The van der Waals surface area contributed by atoms with Gasteiger partial charge in [0.25, 0.3) is 0 Å². The second kappa shape index (κ2) is 6.13. The van der Waals surface area contributed by atoms with Gasteiger partial charge in [-0.25, -0.2) is 8.78 Å². The van der Waals surface area contributed by atoms with E-state index in [-0.39, 0.29) is 16.8 Å². The van der Waals surface area contributed by atoms with Crippen molar-refractivity contribution >= 4 is 17.4 Å². The van der Waals surface area contributed by atoms with Gasteiger partial charge in [0.05, 0.1) is 22.9 Å². The molecule has 108 valence electrons. The van der Waals surface area contributed by atoms with E-state index < -0.39 is 17.6 Å². The number of nitrogens with one attached hydrogen (secondary N) is 1. The fourth-order valence-electron chi connectivity index (χ4n) is 1.76. The van der Waals surface area contributed by atoms with E-state index in [0.29, 0.717) is 5.69 Å². The Labute approximate surface area is 119 Å². The van der Waals surface area contributed by atoms with Gasteiger partial charge in [-0.15, -0.1) is 0 Å². The van der Waals surface area contributed by atoms with E-state index in [4.69, 9.17) is 0 Å². The Hall–Kier alpha value is -2.76. The highest BCUT2D eigenvalue weighted by Gasteiger charge is 2.11. The monoisotopic (exact) mass is 289 g/mol. The lowest BCUT2D eigenvalue weighted by Gasteiger charge is -2.07. The van der Waals surface area contributed by atoms with Crippen molar-refractivity contribution in [2.24, 2.45) is 5.10 Å². The Morgan fingerprint density at radius 3 is 2.38 bits per heavy atom. The number of hydrogen-bond acceptors (Lipinski definition) is 4. The lowest BCUT2D eigenvalue weighted by Crippen LogP contribution is -2.22. The zero-order chi connectivity index (χ0) is 15.4. The van der Waals surface area contributed by atoms with Gasteiger partial charge in [-0.3, -0.25) is 5.43 Å². The molecule has 1 N–H and O–H groups in total. The Bertz CT molecular complexity index is 694. The van der Waals surface area contributed by atoms with E-state index in [1.165, 1.54) is 31.2 Å². The summed E-state index contributed by atoms with van der Waals surface area (Å²) >= 11 is 0. The zero-order valence-electron chi connectivity index (χ0n) is 11.1. The van der Waals surface area contributed by atoms with Crippen LogP contribution in [-0.4, -0.2) is 11.7 Å². The number of hydrogen-bond donors (Lipinski definition) is 1. The van der Waals surface area contributed by atoms with Crippen molar-refractivity contribution in [1.29, 1.82) is 0 Å². The normalized spacial score (nSPS) is 11.3. The quantitative estimate of drug-likeness (QED) is 0.693. The van der Waals surface area contributed by atoms with Crippen molar-refractivity contribution < 1.29 is 18.7 Å². The minimum atomic E-state index is -1.32. The highest BCUT2D eigenvalue weighted by Crippen LogP contribution is 2.14. The summed E-state index contributed by atoms with van der Waals surface area (Å²) in [6.07, 6.45) is 0. The number of benzene rings is 2. The number of carboxylic acids is 1. The number of anilines is 1. The van der Waals surface area contributed by atoms with Crippen molar-refractivity contribution in [3.8, 4) is 0 Å². The molecule has 0 radical (unpaired) electrons. The number of halogens is 2. The van der Waals surface area contributed by atoms with Gasteiger partial charge in [-0.05, 0) is 36.8 Å². The molecule has 0 aliphatic carbocycles. The second-order valence-corrected chi connectivity index (χ2v) is 4.27. The molecule has 2 aromatic carbocycles. The average molecular weight is 289 g/mol. The van der Waals surface area contributed by atoms with Crippen LogP contribution < -0.4 is 10.5 Å². The maximum Gasteiger partial charge on any atom is 0.135 e. The molecule has 2 rings (SSSR count). The average Bonchev–Trinajstić information content (AvgIpc) is 2.45. The molecule has 0 atom stereocenters. The number of carbonyl (C=O) groups is 1. The van der Waals surface area contributed by atoms with E-state index >= 15 is 0 Å². The fraction of sp³-hybridized carbons (Fsp3) is 0.0667. The molecular weight excluding hydrogens is 278 g/mol. The summed E-state index contributed by atoms with van der Waals surface area (Å²) in [6, 6.07) is 9.28. The molecular formula is C15H11F2N2O2-. The summed E-state index contributed by atoms with van der Waals surface area (Å²) in [5.74, 6) is -2.76. The van der Waals surface area contributed by atoms with Crippen LogP contribution >= 0.6 is 0 Å². The SMILES string of the molecule is C/C(=N/Nc1cccc(C(=O)[O-])c1)c1c(F)cccc1F. The fourth-order valence-corrected chi connectivity index (χ4v) is 1.76. The minimum absolute atomic E-state index is 0.0232.